The number of ether oxygens (including phenoxy) is 2. The molecule has 0 spiro atoms. The molecule has 142 valence electrons. The number of hydrogen-bond acceptors (Lipinski definition) is 6. The molecule has 0 aliphatic heterocycles. The Bertz CT molecular complexity index is 1080. The molecule has 0 aliphatic rings. The molecule has 0 fully saturated rings. The maximum Gasteiger partial charge on any atom is 0.231 e. The molecule has 0 aliphatic carbocycles. The van der Waals surface area contributed by atoms with Gasteiger partial charge in [0.1, 0.15) is 11.2 Å². The summed E-state index contributed by atoms with van der Waals surface area (Å²) in [5.41, 5.74) is 7.93. The third-order valence-electron chi connectivity index (χ3n) is 4.46. The molecule has 6 heteroatoms. The smallest absolute Gasteiger partial charge is 0.231 e. The third kappa shape index (κ3) is 3.83. The monoisotopic (exact) mass is 391 g/mol. The molecular formula is C22H21N3O2S. The summed E-state index contributed by atoms with van der Waals surface area (Å²) < 4.78 is 11.7. The van der Waals surface area contributed by atoms with Gasteiger partial charge in [0.05, 0.1) is 12.5 Å². The van der Waals surface area contributed by atoms with E-state index in [4.69, 9.17) is 15.2 Å². The van der Waals surface area contributed by atoms with Gasteiger partial charge in [0.2, 0.25) is 5.88 Å². The van der Waals surface area contributed by atoms with Crippen LogP contribution in [0.25, 0.3) is 20.7 Å². The van der Waals surface area contributed by atoms with Crippen molar-refractivity contribution >= 4 is 21.6 Å². The topological polar surface area (TPSA) is 70.3 Å². The molecule has 0 radical (unpaired) electrons. The van der Waals surface area contributed by atoms with Crippen molar-refractivity contribution in [3.8, 4) is 27.8 Å². The zero-order chi connectivity index (χ0) is 19.3. The number of rotatable bonds is 7. The van der Waals surface area contributed by atoms with Crippen molar-refractivity contribution in [2.24, 2.45) is 5.73 Å². The van der Waals surface area contributed by atoms with Crippen molar-refractivity contribution in [1.29, 1.82) is 0 Å². The summed E-state index contributed by atoms with van der Waals surface area (Å²) >= 11 is 1.62. The van der Waals surface area contributed by atoms with E-state index in [1.165, 1.54) is 11.9 Å². The summed E-state index contributed by atoms with van der Waals surface area (Å²) in [4.78, 5) is 10.8. The van der Waals surface area contributed by atoms with Crippen LogP contribution in [0.5, 0.6) is 17.4 Å². The van der Waals surface area contributed by atoms with E-state index in [2.05, 4.69) is 28.2 Å². The first kappa shape index (κ1) is 18.4. The van der Waals surface area contributed by atoms with Gasteiger partial charge in [-0.2, -0.15) is 0 Å². The minimum Gasteiger partial charge on any atom is -0.493 e. The maximum absolute atomic E-state index is 6.13. The van der Waals surface area contributed by atoms with Gasteiger partial charge in [0.25, 0.3) is 0 Å². The standard InChI is InChI=1S/C22H21N3O2S/c1-26-19-12-15(6-5-11-23)9-10-18(19)27-21-17-13-20(16-7-3-2-4-8-16)28-22(17)25-14-24-21/h2-4,7-10,12-14H,5-6,11,23H2,1H3. The fraction of sp³-hybridized carbons (Fsp3) is 0.182. The Hall–Kier alpha value is -2.96. The Kier molecular flexibility index (Phi) is 5.50. The zero-order valence-electron chi connectivity index (χ0n) is 15.6. The summed E-state index contributed by atoms with van der Waals surface area (Å²) in [6.07, 6.45) is 3.38. The predicted octanol–water partition coefficient (Wildman–Crippen LogP) is 5.05. The van der Waals surface area contributed by atoms with Gasteiger partial charge in [-0.3, -0.25) is 0 Å². The van der Waals surface area contributed by atoms with Gasteiger partial charge in [-0.25, -0.2) is 9.97 Å². The van der Waals surface area contributed by atoms with Crippen LogP contribution in [0.4, 0.5) is 0 Å². The van der Waals surface area contributed by atoms with Crippen LogP contribution in [-0.2, 0) is 6.42 Å². The molecule has 0 saturated heterocycles. The van der Waals surface area contributed by atoms with Crippen LogP contribution in [0.2, 0.25) is 0 Å². The SMILES string of the molecule is COc1cc(CCCN)ccc1Oc1ncnc2sc(-c3ccccc3)cc12. The number of nitrogens with zero attached hydrogens (tertiary/aromatic N) is 2. The highest BCUT2D eigenvalue weighted by molar-refractivity contribution is 7.21. The summed E-state index contributed by atoms with van der Waals surface area (Å²) in [6.45, 7) is 0.668. The number of methoxy groups -OCH3 is 1. The molecule has 4 rings (SSSR count). The molecule has 0 saturated carbocycles. The van der Waals surface area contributed by atoms with Gasteiger partial charge in [0.15, 0.2) is 11.5 Å². The number of aryl methyl sites for hydroxylation is 1. The molecule has 2 N–H and O–H groups in total. The molecule has 0 unspecified atom stereocenters. The third-order valence-corrected chi connectivity index (χ3v) is 5.55. The van der Waals surface area contributed by atoms with Gasteiger partial charge in [0, 0.05) is 4.88 Å². The Morgan fingerprint density at radius 2 is 1.86 bits per heavy atom. The molecule has 0 bridgehead atoms. The van der Waals surface area contributed by atoms with Crippen molar-refractivity contribution in [3.05, 3.63) is 66.5 Å². The number of aromatic nitrogens is 2. The molecule has 2 aromatic heterocycles. The normalized spacial score (nSPS) is 10.9. The zero-order valence-corrected chi connectivity index (χ0v) is 16.4. The highest BCUT2D eigenvalue weighted by Gasteiger charge is 2.14. The van der Waals surface area contributed by atoms with Crippen LogP contribution in [0.3, 0.4) is 0 Å². The second kappa shape index (κ2) is 8.37. The van der Waals surface area contributed by atoms with Crippen molar-refractivity contribution in [2.45, 2.75) is 12.8 Å². The van der Waals surface area contributed by atoms with Gasteiger partial charge in [-0.05, 0) is 48.7 Å². The predicted molar refractivity (Wildman–Crippen MR) is 113 cm³/mol. The quantitative estimate of drug-likeness (QED) is 0.477. The summed E-state index contributed by atoms with van der Waals surface area (Å²) in [5, 5.41) is 0.889. The Balaban J connectivity index is 1.67. The van der Waals surface area contributed by atoms with Crippen LogP contribution in [-0.4, -0.2) is 23.6 Å². The summed E-state index contributed by atoms with van der Waals surface area (Å²) in [6, 6.07) is 18.3. The van der Waals surface area contributed by atoms with Crippen LogP contribution in [0.1, 0.15) is 12.0 Å². The molecule has 2 aromatic carbocycles. The molecule has 0 amide bonds. The van der Waals surface area contributed by atoms with E-state index in [0.717, 1.165) is 33.5 Å². The number of benzene rings is 2. The highest BCUT2D eigenvalue weighted by Crippen LogP contribution is 2.39. The lowest BCUT2D eigenvalue weighted by Crippen LogP contribution is -2.01. The van der Waals surface area contributed by atoms with E-state index in [0.29, 0.717) is 23.9 Å². The van der Waals surface area contributed by atoms with Crippen molar-refractivity contribution < 1.29 is 9.47 Å². The summed E-state index contributed by atoms with van der Waals surface area (Å²) in [7, 11) is 1.64. The van der Waals surface area contributed by atoms with E-state index < -0.39 is 0 Å². The maximum atomic E-state index is 6.13. The first-order valence-corrected chi connectivity index (χ1v) is 9.95. The van der Waals surface area contributed by atoms with Crippen LogP contribution >= 0.6 is 11.3 Å². The Labute approximate surface area is 167 Å². The van der Waals surface area contributed by atoms with Gasteiger partial charge in [-0.1, -0.05) is 36.4 Å². The Morgan fingerprint density at radius 3 is 2.64 bits per heavy atom. The first-order chi connectivity index (χ1) is 13.8. The van der Waals surface area contributed by atoms with E-state index >= 15 is 0 Å². The summed E-state index contributed by atoms with van der Waals surface area (Å²) in [5.74, 6) is 1.84. The average molecular weight is 391 g/mol. The number of thiophene rings is 1. The molecule has 4 aromatic rings. The fourth-order valence-electron chi connectivity index (χ4n) is 3.02. The molecular weight excluding hydrogens is 370 g/mol. The average Bonchev–Trinajstić information content (AvgIpc) is 3.19. The van der Waals surface area contributed by atoms with Crippen molar-refractivity contribution in [2.75, 3.05) is 13.7 Å². The molecule has 0 atom stereocenters. The van der Waals surface area contributed by atoms with Gasteiger partial charge < -0.3 is 15.2 Å². The molecule has 2 heterocycles. The number of hydrogen-bond donors (Lipinski definition) is 1. The van der Waals surface area contributed by atoms with Crippen LogP contribution in [0, 0.1) is 0 Å². The lowest BCUT2D eigenvalue weighted by atomic mass is 10.1. The molecule has 5 nitrogen and oxygen atoms in total. The van der Waals surface area contributed by atoms with E-state index in [1.807, 2.05) is 36.4 Å². The highest BCUT2D eigenvalue weighted by atomic mass is 32.1. The van der Waals surface area contributed by atoms with E-state index in [9.17, 15) is 0 Å². The number of nitrogens with two attached hydrogens (primary N) is 1. The lowest BCUT2D eigenvalue weighted by Gasteiger charge is -2.11. The minimum absolute atomic E-state index is 0.524. The fourth-order valence-corrected chi connectivity index (χ4v) is 4.02. The van der Waals surface area contributed by atoms with Gasteiger partial charge >= 0.3 is 0 Å². The van der Waals surface area contributed by atoms with Crippen LogP contribution in [0.15, 0.2) is 60.9 Å². The molecule has 28 heavy (non-hydrogen) atoms. The number of fused-ring (bicyclic) bond motifs is 1. The van der Waals surface area contributed by atoms with Crippen molar-refractivity contribution in [1.82, 2.24) is 9.97 Å². The first-order valence-electron chi connectivity index (χ1n) is 9.13. The van der Waals surface area contributed by atoms with Crippen molar-refractivity contribution in [3.63, 3.8) is 0 Å². The Morgan fingerprint density at radius 1 is 1.00 bits per heavy atom. The van der Waals surface area contributed by atoms with Crippen LogP contribution < -0.4 is 15.2 Å². The van der Waals surface area contributed by atoms with E-state index in [1.54, 1.807) is 18.4 Å². The second-order valence-electron chi connectivity index (χ2n) is 6.35. The second-order valence-corrected chi connectivity index (χ2v) is 7.38. The van der Waals surface area contributed by atoms with E-state index in [-0.39, 0.29) is 0 Å². The largest absolute Gasteiger partial charge is 0.493 e. The van der Waals surface area contributed by atoms with Gasteiger partial charge in [-0.15, -0.1) is 11.3 Å². The minimum atomic E-state index is 0.524. The lowest BCUT2D eigenvalue weighted by molar-refractivity contribution is 0.375.